The maximum atomic E-state index is 11.7. The van der Waals surface area contributed by atoms with Gasteiger partial charge in [0.05, 0.1) is 23.9 Å². The number of aliphatic hydroxyl groups is 1. The highest BCUT2D eigenvalue weighted by Crippen LogP contribution is 2.17. The maximum absolute atomic E-state index is 11.7. The van der Waals surface area contributed by atoms with Gasteiger partial charge in [0.2, 0.25) is 0 Å². The summed E-state index contributed by atoms with van der Waals surface area (Å²) in [5, 5.41) is 14.4. The molecule has 2 rings (SSSR count). The van der Waals surface area contributed by atoms with E-state index < -0.39 is 0 Å². The van der Waals surface area contributed by atoms with Crippen LogP contribution in [0.25, 0.3) is 10.9 Å². The van der Waals surface area contributed by atoms with E-state index in [9.17, 15) is 4.79 Å². The normalized spacial score (nSPS) is 12.6. The Morgan fingerprint density at radius 2 is 2.32 bits per heavy atom. The Hall–Kier alpha value is -1.88. The molecular formula is C14H18N2O3. The number of hydrogen-bond acceptors (Lipinski definition) is 4. The summed E-state index contributed by atoms with van der Waals surface area (Å²) in [5.74, 6) is -0.207. The molecule has 0 bridgehead atoms. The van der Waals surface area contributed by atoms with Crippen LogP contribution in [-0.4, -0.2) is 34.1 Å². The first-order valence-electron chi connectivity index (χ1n) is 6.39. The van der Waals surface area contributed by atoms with Gasteiger partial charge in [-0.3, -0.25) is 4.68 Å². The third-order valence-corrected chi connectivity index (χ3v) is 2.95. The number of hydrogen-bond donors (Lipinski definition) is 1. The Bertz CT molecular complexity index is 577. The number of fused-ring (bicyclic) bond motifs is 1. The molecule has 0 saturated carbocycles. The van der Waals surface area contributed by atoms with Gasteiger partial charge in [0.25, 0.3) is 0 Å². The third-order valence-electron chi connectivity index (χ3n) is 2.95. The molecule has 0 fully saturated rings. The van der Waals surface area contributed by atoms with Crippen LogP contribution in [0.4, 0.5) is 0 Å². The predicted octanol–water partition coefficient (Wildman–Crippen LogP) is 1.84. The van der Waals surface area contributed by atoms with E-state index in [1.165, 1.54) is 0 Å². The molecule has 102 valence electrons. The summed E-state index contributed by atoms with van der Waals surface area (Å²) in [6.07, 6.45) is 1.76. The zero-order chi connectivity index (χ0) is 13.8. The van der Waals surface area contributed by atoms with Crippen LogP contribution >= 0.6 is 0 Å². The fourth-order valence-electron chi connectivity index (χ4n) is 1.91. The third kappa shape index (κ3) is 2.93. The van der Waals surface area contributed by atoms with Crippen molar-refractivity contribution < 1.29 is 14.6 Å². The predicted molar refractivity (Wildman–Crippen MR) is 71.9 cm³/mol. The zero-order valence-electron chi connectivity index (χ0n) is 11.2. The van der Waals surface area contributed by atoms with Gasteiger partial charge in [-0.15, -0.1) is 0 Å². The molecule has 0 aliphatic rings. The van der Waals surface area contributed by atoms with Gasteiger partial charge in [-0.1, -0.05) is 13.0 Å². The van der Waals surface area contributed by atoms with Crippen molar-refractivity contribution in [1.29, 1.82) is 0 Å². The van der Waals surface area contributed by atoms with Gasteiger partial charge < -0.3 is 9.84 Å². The lowest BCUT2D eigenvalue weighted by molar-refractivity contribution is 0.0526. The molecule has 5 heteroatoms. The topological polar surface area (TPSA) is 64.3 Å². The van der Waals surface area contributed by atoms with Gasteiger partial charge >= 0.3 is 5.97 Å². The van der Waals surface area contributed by atoms with Crippen molar-refractivity contribution in [2.24, 2.45) is 5.92 Å². The Kier molecular flexibility index (Phi) is 4.16. The first-order chi connectivity index (χ1) is 9.15. The minimum atomic E-state index is -0.327. The summed E-state index contributed by atoms with van der Waals surface area (Å²) in [5.41, 5.74) is 1.40. The molecule has 0 aliphatic heterocycles. The number of aromatic nitrogens is 2. The van der Waals surface area contributed by atoms with E-state index >= 15 is 0 Å². The van der Waals surface area contributed by atoms with Crippen molar-refractivity contribution in [3.05, 3.63) is 30.0 Å². The summed E-state index contributed by atoms with van der Waals surface area (Å²) < 4.78 is 6.79. The highest BCUT2D eigenvalue weighted by molar-refractivity contribution is 5.94. The molecule has 0 spiro atoms. The minimum absolute atomic E-state index is 0.110. The van der Waals surface area contributed by atoms with Crippen LogP contribution in [0, 0.1) is 5.92 Å². The summed E-state index contributed by atoms with van der Waals surface area (Å²) in [6.45, 7) is 4.81. The molecule has 0 amide bonds. The first-order valence-corrected chi connectivity index (χ1v) is 6.39. The number of aliphatic hydroxyl groups excluding tert-OH is 1. The maximum Gasteiger partial charge on any atom is 0.338 e. The standard InChI is InChI=1S/C14H18N2O3/c1-3-19-14(18)11-4-5-12-7-15-16(13(12)6-11)8-10(2)9-17/h4-7,10,17H,3,8-9H2,1-2H3/t10-/m0/s1. The van der Waals surface area contributed by atoms with Crippen LogP contribution < -0.4 is 0 Å². The van der Waals surface area contributed by atoms with Gasteiger partial charge in [0, 0.05) is 18.5 Å². The van der Waals surface area contributed by atoms with E-state index in [-0.39, 0.29) is 18.5 Å². The van der Waals surface area contributed by atoms with Crippen molar-refractivity contribution in [1.82, 2.24) is 9.78 Å². The number of benzene rings is 1. The lowest BCUT2D eigenvalue weighted by Gasteiger charge is -2.09. The van der Waals surface area contributed by atoms with Crippen LogP contribution in [0.5, 0.6) is 0 Å². The van der Waals surface area contributed by atoms with E-state index in [0.29, 0.717) is 18.7 Å². The van der Waals surface area contributed by atoms with Crippen LogP contribution in [0.2, 0.25) is 0 Å². The lowest BCUT2D eigenvalue weighted by Crippen LogP contribution is -2.12. The minimum Gasteiger partial charge on any atom is -0.462 e. The second-order valence-electron chi connectivity index (χ2n) is 4.61. The van der Waals surface area contributed by atoms with E-state index in [1.54, 1.807) is 29.9 Å². The van der Waals surface area contributed by atoms with E-state index in [2.05, 4.69) is 5.10 Å². The molecule has 1 N–H and O–H groups in total. The van der Waals surface area contributed by atoms with Crippen LogP contribution in [0.1, 0.15) is 24.2 Å². The molecule has 1 aromatic carbocycles. The Balaban J connectivity index is 2.34. The largest absolute Gasteiger partial charge is 0.462 e. The van der Waals surface area contributed by atoms with Gasteiger partial charge in [-0.2, -0.15) is 5.10 Å². The first kappa shape index (κ1) is 13.5. The number of rotatable bonds is 5. The quantitative estimate of drug-likeness (QED) is 0.835. The molecule has 1 aromatic heterocycles. The lowest BCUT2D eigenvalue weighted by atomic mass is 10.1. The molecule has 19 heavy (non-hydrogen) atoms. The van der Waals surface area contributed by atoms with Crippen molar-refractivity contribution >= 4 is 16.9 Å². The number of ether oxygens (including phenoxy) is 1. The zero-order valence-corrected chi connectivity index (χ0v) is 11.2. The molecule has 0 saturated heterocycles. The highest BCUT2D eigenvalue weighted by Gasteiger charge is 2.11. The Morgan fingerprint density at radius 1 is 1.53 bits per heavy atom. The molecule has 5 nitrogen and oxygen atoms in total. The summed E-state index contributed by atoms with van der Waals surface area (Å²) in [6, 6.07) is 5.38. The smallest absolute Gasteiger partial charge is 0.338 e. The van der Waals surface area contributed by atoms with Crippen LogP contribution in [0.3, 0.4) is 0 Å². The van der Waals surface area contributed by atoms with Gasteiger partial charge in [0.1, 0.15) is 0 Å². The van der Waals surface area contributed by atoms with Gasteiger partial charge in [-0.25, -0.2) is 4.79 Å². The number of carbonyl (C=O) groups excluding carboxylic acids is 1. The molecule has 2 aromatic rings. The fraction of sp³-hybridized carbons (Fsp3) is 0.429. The molecule has 0 unspecified atom stereocenters. The van der Waals surface area contributed by atoms with Gasteiger partial charge in [-0.05, 0) is 25.0 Å². The van der Waals surface area contributed by atoms with Crippen molar-refractivity contribution in [3.8, 4) is 0 Å². The van der Waals surface area contributed by atoms with Crippen molar-refractivity contribution in [2.75, 3.05) is 13.2 Å². The Labute approximate surface area is 111 Å². The second-order valence-corrected chi connectivity index (χ2v) is 4.61. The summed E-state index contributed by atoms with van der Waals surface area (Å²) in [4.78, 5) is 11.7. The molecule has 1 heterocycles. The van der Waals surface area contributed by atoms with Crippen LogP contribution in [0.15, 0.2) is 24.4 Å². The summed E-state index contributed by atoms with van der Waals surface area (Å²) in [7, 11) is 0. The molecule has 0 radical (unpaired) electrons. The number of esters is 1. The van der Waals surface area contributed by atoms with Crippen molar-refractivity contribution in [3.63, 3.8) is 0 Å². The average molecular weight is 262 g/mol. The SMILES string of the molecule is CCOC(=O)c1ccc2cnn(C[C@H](C)CO)c2c1. The monoisotopic (exact) mass is 262 g/mol. The number of nitrogens with zero attached hydrogens (tertiary/aromatic N) is 2. The van der Waals surface area contributed by atoms with E-state index in [4.69, 9.17) is 9.84 Å². The summed E-state index contributed by atoms with van der Waals surface area (Å²) >= 11 is 0. The van der Waals surface area contributed by atoms with Crippen LogP contribution in [-0.2, 0) is 11.3 Å². The van der Waals surface area contributed by atoms with E-state index in [0.717, 1.165) is 10.9 Å². The average Bonchev–Trinajstić information content (AvgIpc) is 2.81. The van der Waals surface area contributed by atoms with Gasteiger partial charge in [0.15, 0.2) is 0 Å². The van der Waals surface area contributed by atoms with E-state index in [1.807, 2.05) is 13.0 Å². The Morgan fingerprint density at radius 3 is 3.00 bits per heavy atom. The number of carbonyl (C=O) groups is 1. The fourth-order valence-corrected chi connectivity index (χ4v) is 1.91. The van der Waals surface area contributed by atoms with Crippen molar-refractivity contribution in [2.45, 2.75) is 20.4 Å². The second kappa shape index (κ2) is 5.84. The molecule has 1 atom stereocenters. The molecular weight excluding hydrogens is 244 g/mol. The molecule has 0 aliphatic carbocycles. The highest BCUT2D eigenvalue weighted by atomic mass is 16.5.